The van der Waals surface area contributed by atoms with E-state index in [0.29, 0.717) is 17.7 Å². The Balaban J connectivity index is 2.14. The van der Waals surface area contributed by atoms with Crippen molar-refractivity contribution in [3.05, 3.63) is 69.3 Å². The number of methoxy groups -OCH3 is 2. The summed E-state index contributed by atoms with van der Waals surface area (Å²) >= 11 is 0. The summed E-state index contributed by atoms with van der Waals surface area (Å²) in [5.74, 6) is -2.00. The van der Waals surface area contributed by atoms with Crippen LogP contribution >= 0.6 is 0 Å². The molecule has 8 nitrogen and oxygen atoms in total. The van der Waals surface area contributed by atoms with E-state index in [1.807, 2.05) is 30.3 Å². The highest BCUT2D eigenvalue weighted by molar-refractivity contribution is 5.96. The van der Waals surface area contributed by atoms with E-state index in [9.17, 15) is 19.7 Å². The van der Waals surface area contributed by atoms with Crippen LogP contribution in [0.25, 0.3) is 0 Å². The van der Waals surface area contributed by atoms with E-state index in [4.69, 9.17) is 4.74 Å². The van der Waals surface area contributed by atoms with Crippen LogP contribution in [-0.2, 0) is 14.3 Å². The molecule has 27 heavy (non-hydrogen) atoms. The summed E-state index contributed by atoms with van der Waals surface area (Å²) in [4.78, 5) is 35.1. The molecule has 3 rings (SSSR count). The van der Waals surface area contributed by atoms with Gasteiger partial charge in [0.05, 0.1) is 31.1 Å². The highest BCUT2D eigenvalue weighted by atomic mass is 16.6. The van der Waals surface area contributed by atoms with Gasteiger partial charge in [0.25, 0.3) is 5.69 Å². The molecule has 2 aromatic carbocycles. The van der Waals surface area contributed by atoms with E-state index >= 15 is 0 Å². The number of carbonyl (C=O) groups is 2. The van der Waals surface area contributed by atoms with E-state index in [1.165, 1.54) is 19.2 Å². The number of benzene rings is 2. The summed E-state index contributed by atoms with van der Waals surface area (Å²) < 4.78 is 9.56. The van der Waals surface area contributed by atoms with Crippen molar-refractivity contribution in [2.45, 2.75) is 18.4 Å². The van der Waals surface area contributed by atoms with Crippen molar-refractivity contribution in [1.29, 1.82) is 0 Å². The molecule has 0 aliphatic carbocycles. The summed E-state index contributed by atoms with van der Waals surface area (Å²) in [5.41, 5.74) is 1.26. The molecule has 0 aromatic heterocycles. The van der Waals surface area contributed by atoms with Crippen LogP contribution in [0, 0.1) is 10.1 Å². The van der Waals surface area contributed by atoms with Gasteiger partial charge in [-0.15, -0.1) is 0 Å². The second-order valence-electron chi connectivity index (χ2n) is 6.12. The van der Waals surface area contributed by atoms with Crippen LogP contribution in [0.1, 0.15) is 39.9 Å². The molecule has 0 amide bonds. The van der Waals surface area contributed by atoms with Crippen molar-refractivity contribution in [2.75, 3.05) is 19.5 Å². The maximum atomic E-state index is 12.4. The van der Waals surface area contributed by atoms with Crippen LogP contribution in [0.5, 0.6) is 0 Å². The first-order chi connectivity index (χ1) is 13.0. The minimum absolute atomic E-state index is 0.175. The predicted molar refractivity (Wildman–Crippen MR) is 96.6 cm³/mol. The Kier molecular flexibility index (Phi) is 5.07. The SMILES string of the molecule is COC(=O)c1cc2c(cc1[N+](=O)[O-])C(C(=O)OC)CC(c1ccccc1)N2. The van der Waals surface area contributed by atoms with Crippen LogP contribution in [-0.4, -0.2) is 31.1 Å². The third kappa shape index (κ3) is 3.46. The summed E-state index contributed by atoms with van der Waals surface area (Å²) in [7, 11) is 2.43. The molecular weight excluding hydrogens is 352 g/mol. The zero-order valence-corrected chi connectivity index (χ0v) is 14.8. The molecule has 1 N–H and O–H groups in total. The smallest absolute Gasteiger partial charge is 0.344 e. The Morgan fingerprint density at radius 3 is 2.44 bits per heavy atom. The molecule has 1 heterocycles. The van der Waals surface area contributed by atoms with E-state index < -0.39 is 28.5 Å². The molecule has 2 aromatic rings. The van der Waals surface area contributed by atoms with Crippen LogP contribution in [0.2, 0.25) is 0 Å². The third-order valence-corrected chi connectivity index (χ3v) is 4.63. The molecule has 8 heteroatoms. The van der Waals surface area contributed by atoms with Gasteiger partial charge in [-0.25, -0.2) is 4.79 Å². The molecule has 1 aliphatic heterocycles. The number of nitro benzene ring substituents is 1. The average molecular weight is 370 g/mol. The number of nitrogens with one attached hydrogen (secondary N) is 1. The number of rotatable bonds is 4. The summed E-state index contributed by atoms with van der Waals surface area (Å²) in [5, 5.41) is 14.7. The molecular formula is C19H18N2O6. The Labute approximate surface area is 155 Å². The number of nitro groups is 1. The lowest BCUT2D eigenvalue weighted by Crippen LogP contribution is -2.27. The van der Waals surface area contributed by atoms with Gasteiger partial charge >= 0.3 is 11.9 Å². The number of hydrogen-bond acceptors (Lipinski definition) is 7. The van der Waals surface area contributed by atoms with Crippen molar-refractivity contribution in [2.24, 2.45) is 0 Å². The molecule has 0 bridgehead atoms. The van der Waals surface area contributed by atoms with E-state index in [0.717, 1.165) is 12.7 Å². The average Bonchev–Trinajstić information content (AvgIpc) is 2.71. The van der Waals surface area contributed by atoms with E-state index in [-0.39, 0.29) is 11.6 Å². The number of carbonyl (C=O) groups excluding carboxylic acids is 2. The van der Waals surface area contributed by atoms with Crippen molar-refractivity contribution >= 4 is 23.3 Å². The molecule has 0 fully saturated rings. The topological polar surface area (TPSA) is 108 Å². The number of nitrogens with zero attached hydrogens (tertiary/aromatic N) is 1. The van der Waals surface area contributed by atoms with E-state index in [2.05, 4.69) is 10.1 Å². The van der Waals surface area contributed by atoms with Crippen LogP contribution in [0.15, 0.2) is 42.5 Å². The first-order valence-corrected chi connectivity index (χ1v) is 8.26. The fourth-order valence-corrected chi connectivity index (χ4v) is 3.32. The minimum atomic E-state index is -0.817. The number of esters is 2. The summed E-state index contributed by atoms with van der Waals surface area (Å²) in [6, 6.07) is 11.9. The van der Waals surface area contributed by atoms with Gasteiger partial charge in [0.1, 0.15) is 5.56 Å². The van der Waals surface area contributed by atoms with Crippen LogP contribution in [0.3, 0.4) is 0 Å². The number of anilines is 1. The molecule has 2 atom stereocenters. The molecule has 0 spiro atoms. The normalized spacial score (nSPS) is 18.0. The lowest BCUT2D eigenvalue weighted by molar-refractivity contribution is -0.385. The molecule has 0 saturated heterocycles. The Bertz CT molecular complexity index is 897. The van der Waals surface area contributed by atoms with Gasteiger partial charge in [0, 0.05) is 11.8 Å². The fraction of sp³-hybridized carbons (Fsp3) is 0.263. The maximum absolute atomic E-state index is 12.4. The molecule has 0 radical (unpaired) electrons. The van der Waals surface area contributed by atoms with Gasteiger partial charge in [-0.05, 0) is 23.6 Å². The quantitative estimate of drug-likeness (QED) is 0.500. The Morgan fingerprint density at radius 2 is 1.85 bits per heavy atom. The van der Waals surface area contributed by atoms with Gasteiger partial charge in [-0.1, -0.05) is 30.3 Å². The van der Waals surface area contributed by atoms with Gasteiger partial charge in [-0.3, -0.25) is 14.9 Å². The molecule has 1 aliphatic rings. The van der Waals surface area contributed by atoms with E-state index in [1.54, 1.807) is 0 Å². The third-order valence-electron chi connectivity index (χ3n) is 4.63. The monoisotopic (exact) mass is 370 g/mol. The maximum Gasteiger partial charge on any atom is 0.344 e. The zero-order chi connectivity index (χ0) is 19.6. The summed E-state index contributed by atoms with van der Waals surface area (Å²) in [6.45, 7) is 0. The van der Waals surface area contributed by atoms with Gasteiger partial charge < -0.3 is 14.8 Å². The lowest BCUT2D eigenvalue weighted by atomic mass is 9.83. The first kappa shape index (κ1) is 18.4. The molecule has 140 valence electrons. The first-order valence-electron chi connectivity index (χ1n) is 8.26. The van der Waals surface area contributed by atoms with Crippen LogP contribution in [0.4, 0.5) is 11.4 Å². The second kappa shape index (κ2) is 7.45. The van der Waals surface area contributed by atoms with Crippen molar-refractivity contribution in [3.63, 3.8) is 0 Å². The Morgan fingerprint density at radius 1 is 1.15 bits per heavy atom. The van der Waals surface area contributed by atoms with Crippen molar-refractivity contribution in [3.8, 4) is 0 Å². The number of fused-ring (bicyclic) bond motifs is 1. The number of hydrogen-bond donors (Lipinski definition) is 1. The predicted octanol–water partition coefficient (Wildman–Crippen LogP) is 3.19. The largest absolute Gasteiger partial charge is 0.469 e. The lowest BCUT2D eigenvalue weighted by Gasteiger charge is -2.32. The standard InChI is InChI=1S/C19H18N2O6/c1-26-18(22)13-8-15(11-6-4-3-5-7-11)20-16-9-14(19(23)27-2)17(21(24)25)10-12(13)16/h3-7,9-10,13,15,20H,8H2,1-2H3. The van der Waals surface area contributed by atoms with Crippen LogP contribution < -0.4 is 5.32 Å². The van der Waals surface area contributed by atoms with Gasteiger partial charge in [0.15, 0.2) is 0 Å². The van der Waals surface area contributed by atoms with Gasteiger partial charge in [-0.2, -0.15) is 0 Å². The second-order valence-corrected chi connectivity index (χ2v) is 6.12. The van der Waals surface area contributed by atoms with Gasteiger partial charge in [0.2, 0.25) is 0 Å². The highest BCUT2D eigenvalue weighted by Gasteiger charge is 2.36. The van der Waals surface area contributed by atoms with Crippen molar-refractivity contribution in [1.82, 2.24) is 0 Å². The molecule has 2 unspecified atom stereocenters. The molecule has 0 saturated carbocycles. The Hall–Kier alpha value is -3.42. The number of ether oxygens (including phenoxy) is 2. The fourth-order valence-electron chi connectivity index (χ4n) is 3.32. The highest BCUT2D eigenvalue weighted by Crippen LogP contribution is 2.43. The van der Waals surface area contributed by atoms with Crippen molar-refractivity contribution < 1.29 is 24.0 Å². The zero-order valence-electron chi connectivity index (χ0n) is 14.8. The summed E-state index contributed by atoms with van der Waals surface area (Å²) in [6.07, 6.45) is 0.373. The minimum Gasteiger partial charge on any atom is -0.469 e.